The summed E-state index contributed by atoms with van der Waals surface area (Å²) in [6.45, 7) is 1.48. The summed E-state index contributed by atoms with van der Waals surface area (Å²) in [5, 5.41) is 13.6. The van der Waals surface area contributed by atoms with Crippen LogP contribution in [0.3, 0.4) is 0 Å². The van der Waals surface area contributed by atoms with Crippen LogP contribution in [0.5, 0.6) is 5.75 Å². The first-order chi connectivity index (χ1) is 11.2. The van der Waals surface area contributed by atoms with Crippen molar-refractivity contribution in [2.45, 2.75) is 18.9 Å². The van der Waals surface area contributed by atoms with E-state index in [0.29, 0.717) is 6.54 Å². The van der Waals surface area contributed by atoms with Crippen molar-refractivity contribution in [3.63, 3.8) is 0 Å². The molecule has 0 bridgehead atoms. The van der Waals surface area contributed by atoms with Crippen molar-refractivity contribution in [2.75, 3.05) is 20.2 Å². The Hall–Kier alpha value is -1.85. The molecule has 3 rings (SSSR count). The fraction of sp³-hybridized carbons (Fsp3) is 0.389. The summed E-state index contributed by atoms with van der Waals surface area (Å²) in [4.78, 5) is 13.7. The zero-order valence-corrected chi connectivity index (χ0v) is 14.0. The van der Waals surface area contributed by atoms with Crippen LogP contribution in [0.4, 0.5) is 0 Å². The van der Waals surface area contributed by atoms with Crippen molar-refractivity contribution in [1.82, 2.24) is 4.90 Å². The van der Waals surface area contributed by atoms with Gasteiger partial charge in [-0.25, -0.2) is 0 Å². The lowest BCUT2D eigenvalue weighted by molar-refractivity contribution is -0.143. The molecule has 0 amide bonds. The van der Waals surface area contributed by atoms with Crippen molar-refractivity contribution >= 4 is 17.3 Å². The average Bonchev–Trinajstić information content (AvgIpc) is 3.10. The van der Waals surface area contributed by atoms with E-state index in [0.717, 1.165) is 30.7 Å². The molecule has 1 aliphatic rings. The minimum Gasteiger partial charge on any atom is -0.496 e. The number of ether oxygens (including phenoxy) is 1. The van der Waals surface area contributed by atoms with Gasteiger partial charge >= 0.3 is 5.97 Å². The van der Waals surface area contributed by atoms with Crippen LogP contribution >= 0.6 is 11.3 Å². The molecule has 1 fully saturated rings. The second-order valence-electron chi connectivity index (χ2n) is 5.87. The third-order valence-corrected chi connectivity index (χ3v) is 5.16. The molecular weight excluding hydrogens is 310 g/mol. The quantitative estimate of drug-likeness (QED) is 0.909. The Morgan fingerprint density at radius 3 is 2.91 bits per heavy atom. The van der Waals surface area contributed by atoms with E-state index in [9.17, 15) is 9.90 Å². The van der Waals surface area contributed by atoms with Crippen LogP contribution < -0.4 is 4.74 Å². The van der Waals surface area contributed by atoms with E-state index in [1.165, 1.54) is 5.56 Å². The highest BCUT2D eigenvalue weighted by molar-refractivity contribution is 7.08. The smallest absolute Gasteiger partial charge is 0.307 e. The fourth-order valence-corrected chi connectivity index (χ4v) is 4.03. The van der Waals surface area contributed by atoms with E-state index >= 15 is 0 Å². The molecule has 2 aromatic rings. The van der Waals surface area contributed by atoms with Crippen molar-refractivity contribution in [3.05, 3.63) is 52.2 Å². The second-order valence-corrected chi connectivity index (χ2v) is 6.65. The summed E-state index contributed by atoms with van der Waals surface area (Å²) in [5.41, 5.74) is 2.30. The number of benzene rings is 1. The molecule has 23 heavy (non-hydrogen) atoms. The highest BCUT2D eigenvalue weighted by atomic mass is 32.1. The summed E-state index contributed by atoms with van der Waals surface area (Å²) in [7, 11) is 1.68. The summed E-state index contributed by atoms with van der Waals surface area (Å²) >= 11 is 1.66. The predicted molar refractivity (Wildman–Crippen MR) is 91.1 cm³/mol. The number of rotatable bonds is 5. The molecule has 1 saturated heterocycles. The van der Waals surface area contributed by atoms with Crippen molar-refractivity contribution in [1.29, 1.82) is 0 Å². The number of carboxylic acids is 1. The highest BCUT2D eigenvalue weighted by Gasteiger charge is 2.32. The largest absolute Gasteiger partial charge is 0.496 e. The summed E-state index contributed by atoms with van der Waals surface area (Å²) in [6, 6.07) is 10.2. The standard InChI is InChI=1S/C18H21NO3S/c1-22-16-7-3-2-6-15(16)17(14-8-10-23-12-14)19-9-4-5-13(11-19)18(20)21/h2-3,6-8,10,12-13,17H,4-5,9,11H2,1H3,(H,20,21). The number of piperidine rings is 1. The van der Waals surface area contributed by atoms with Gasteiger partial charge in [0.15, 0.2) is 0 Å². The third-order valence-electron chi connectivity index (χ3n) is 4.46. The molecule has 2 unspecified atom stereocenters. The molecule has 1 N–H and O–H groups in total. The molecule has 0 saturated carbocycles. The van der Waals surface area contributed by atoms with Crippen LogP contribution in [0.1, 0.15) is 30.0 Å². The second kappa shape index (κ2) is 7.15. The minimum absolute atomic E-state index is 0.0412. The van der Waals surface area contributed by atoms with Crippen LogP contribution in [0.15, 0.2) is 41.1 Å². The molecule has 1 aromatic heterocycles. The van der Waals surface area contributed by atoms with Crippen LogP contribution in [0.25, 0.3) is 0 Å². The first kappa shape index (κ1) is 16.0. The number of para-hydroxylation sites is 1. The molecule has 5 heteroatoms. The lowest BCUT2D eigenvalue weighted by atomic mass is 9.92. The maximum Gasteiger partial charge on any atom is 0.307 e. The van der Waals surface area contributed by atoms with Crippen LogP contribution in [-0.2, 0) is 4.79 Å². The van der Waals surface area contributed by atoms with Crippen molar-refractivity contribution < 1.29 is 14.6 Å². The van der Waals surface area contributed by atoms with Gasteiger partial charge < -0.3 is 9.84 Å². The summed E-state index contributed by atoms with van der Waals surface area (Å²) in [5.74, 6) is -0.139. The number of nitrogens with zero attached hydrogens (tertiary/aromatic N) is 1. The number of aliphatic carboxylic acids is 1. The van der Waals surface area contributed by atoms with E-state index in [1.54, 1.807) is 18.4 Å². The summed E-state index contributed by atoms with van der Waals surface area (Å²) in [6.07, 6.45) is 1.67. The summed E-state index contributed by atoms with van der Waals surface area (Å²) < 4.78 is 5.55. The maximum absolute atomic E-state index is 11.4. The molecule has 2 heterocycles. The van der Waals surface area contributed by atoms with Gasteiger partial charge in [0, 0.05) is 12.1 Å². The number of hydrogen-bond acceptors (Lipinski definition) is 4. The first-order valence-corrected chi connectivity index (χ1v) is 8.77. The number of methoxy groups -OCH3 is 1. The van der Waals surface area contributed by atoms with Gasteiger partial charge in [0.1, 0.15) is 5.75 Å². The SMILES string of the molecule is COc1ccccc1C(c1ccsc1)N1CCCC(C(=O)O)C1. The van der Waals surface area contributed by atoms with Crippen LogP contribution in [0.2, 0.25) is 0 Å². The number of hydrogen-bond donors (Lipinski definition) is 1. The lowest BCUT2D eigenvalue weighted by Crippen LogP contribution is -2.41. The number of thiophene rings is 1. The minimum atomic E-state index is -0.696. The number of likely N-dealkylation sites (tertiary alicyclic amines) is 1. The molecule has 1 aliphatic heterocycles. The first-order valence-electron chi connectivity index (χ1n) is 7.82. The van der Waals surface area contributed by atoms with Gasteiger partial charge in [0.05, 0.1) is 19.1 Å². The van der Waals surface area contributed by atoms with Gasteiger partial charge in [0.2, 0.25) is 0 Å². The Bertz CT molecular complexity index is 656. The van der Waals surface area contributed by atoms with Gasteiger partial charge in [-0.1, -0.05) is 18.2 Å². The topological polar surface area (TPSA) is 49.8 Å². The Balaban J connectivity index is 1.98. The number of carbonyl (C=O) groups is 1. The molecule has 2 atom stereocenters. The highest BCUT2D eigenvalue weighted by Crippen LogP contribution is 2.37. The fourth-order valence-electron chi connectivity index (χ4n) is 3.35. The zero-order valence-electron chi connectivity index (χ0n) is 13.1. The normalized spacial score (nSPS) is 20.1. The van der Waals surface area contributed by atoms with E-state index < -0.39 is 5.97 Å². The Labute approximate surface area is 140 Å². The molecular formula is C18H21NO3S. The van der Waals surface area contributed by atoms with E-state index in [2.05, 4.69) is 27.8 Å². The molecule has 4 nitrogen and oxygen atoms in total. The Kier molecular flexibility index (Phi) is 4.98. The molecule has 0 spiro atoms. The van der Waals surface area contributed by atoms with Gasteiger partial charge in [-0.15, -0.1) is 0 Å². The monoisotopic (exact) mass is 331 g/mol. The van der Waals surface area contributed by atoms with E-state index in [-0.39, 0.29) is 12.0 Å². The maximum atomic E-state index is 11.4. The zero-order chi connectivity index (χ0) is 16.2. The lowest BCUT2D eigenvalue weighted by Gasteiger charge is -2.37. The number of carboxylic acid groups (broad SMARTS) is 1. The van der Waals surface area contributed by atoms with Crippen LogP contribution in [-0.4, -0.2) is 36.2 Å². The van der Waals surface area contributed by atoms with Gasteiger partial charge in [-0.2, -0.15) is 11.3 Å². The van der Waals surface area contributed by atoms with Gasteiger partial charge in [-0.3, -0.25) is 9.69 Å². The van der Waals surface area contributed by atoms with Crippen molar-refractivity contribution in [2.24, 2.45) is 5.92 Å². The Morgan fingerprint density at radius 1 is 1.39 bits per heavy atom. The van der Waals surface area contributed by atoms with E-state index in [1.807, 2.05) is 18.2 Å². The molecule has 122 valence electrons. The Morgan fingerprint density at radius 2 is 2.22 bits per heavy atom. The predicted octanol–water partition coefficient (Wildman–Crippen LogP) is 3.64. The van der Waals surface area contributed by atoms with Crippen LogP contribution in [0, 0.1) is 5.92 Å². The van der Waals surface area contributed by atoms with Crippen molar-refractivity contribution in [3.8, 4) is 5.75 Å². The average molecular weight is 331 g/mol. The van der Waals surface area contributed by atoms with Gasteiger partial charge in [0.25, 0.3) is 0 Å². The van der Waals surface area contributed by atoms with Gasteiger partial charge in [-0.05, 0) is 47.8 Å². The molecule has 0 aliphatic carbocycles. The third kappa shape index (κ3) is 3.41. The molecule has 0 radical (unpaired) electrons. The van der Waals surface area contributed by atoms with E-state index in [4.69, 9.17) is 4.74 Å². The molecule has 1 aromatic carbocycles.